The van der Waals surface area contributed by atoms with Gasteiger partial charge in [0.25, 0.3) is 0 Å². The Labute approximate surface area is 135 Å². The van der Waals surface area contributed by atoms with Crippen molar-refractivity contribution in [2.24, 2.45) is 22.7 Å². The third-order valence-corrected chi connectivity index (χ3v) is 6.39. The first-order chi connectivity index (χ1) is 10.2. The minimum Gasteiger partial charge on any atom is -0.352 e. The predicted octanol–water partition coefficient (Wildman–Crippen LogP) is 5.05. The van der Waals surface area contributed by atoms with Crippen LogP contribution in [0.15, 0.2) is 17.1 Å². The quantitative estimate of drug-likeness (QED) is 0.653. The van der Waals surface area contributed by atoms with Crippen molar-refractivity contribution >= 4 is 34.7 Å². The third kappa shape index (κ3) is 1.88. The molecule has 1 aromatic carbocycles. The minimum atomic E-state index is 0.654. The number of amidine groups is 1. The zero-order valence-corrected chi connectivity index (χ0v) is 13.4. The number of hydrogen-bond donors (Lipinski definition) is 0. The van der Waals surface area contributed by atoms with Gasteiger partial charge in [0.2, 0.25) is 0 Å². The number of aliphatic imine (C=N–C) groups is 1. The molecule has 4 bridgehead atoms. The first-order valence-corrected chi connectivity index (χ1v) is 8.76. The summed E-state index contributed by atoms with van der Waals surface area (Å²) in [7, 11) is 0. The standard InChI is InChI=1S/C17H18Cl2N2/c18-13-6-12-8-21-14-4-9-1-10(5-14)3-11(2-9)17(21)20-16(12)15(19)7-13/h6-7,9-11,14H,1-5,8H2. The lowest BCUT2D eigenvalue weighted by atomic mass is 9.68. The van der Waals surface area contributed by atoms with Gasteiger partial charge in [-0.15, -0.1) is 0 Å². The van der Waals surface area contributed by atoms with Gasteiger partial charge < -0.3 is 4.90 Å². The van der Waals surface area contributed by atoms with Crippen LogP contribution in [0.25, 0.3) is 0 Å². The highest BCUT2D eigenvalue weighted by Gasteiger charge is 2.46. The molecule has 2 saturated carbocycles. The van der Waals surface area contributed by atoms with Crippen molar-refractivity contribution in [1.82, 2.24) is 4.90 Å². The second kappa shape index (κ2) is 4.39. The summed E-state index contributed by atoms with van der Waals surface area (Å²) >= 11 is 12.6. The van der Waals surface area contributed by atoms with Gasteiger partial charge in [-0.05, 0) is 56.1 Å². The first kappa shape index (κ1) is 12.8. The number of fused-ring (bicyclic) bond motifs is 1. The monoisotopic (exact) mass is 320 g/mol. The summed E-state index contributed by atoms with van der Waals surface area (Å²) in [6.45, 7) is 0.940. The first-order valence-electron chi connectivity index (χ1n) is 8.00. The maximum atomic E-state index is 6.39. The zero-order valence-electron chi connectivity index (χ0n) is 11.9. The molecule has 0 radical (unpaired) electrons. The molecule has 2 nitrogen and oxygen atoms in total. The Morgan fingerprint density at radius 3 is 2.52 bits per heavy atom. The van der Waals surface area contributed by atoms with E-state index < -0.39 is 0 Å². The Hall–Kier alpha value is -0.730. The van der Waals surface area contributed by atoms with E-state index in [-0.39, 0.29) is 0 Å². The smallest absolute Gasteiger partial charge is 0.109 e. The minimum absolute atomic E-state index is 0.654. The molecular formula is C17H18Cl2N2. The Balaban J connectivity index is 1.66. The second-order valence-corrected chi connectivity index (χ2v) is 8.10. The third-order valence-electron chi connectivity index (χ3n) is 5.89. The molecule has 1 aromatic rings. The van der Waals surface area contributed by atoms with E-state index in [1.807, 2.05) is 12.1 Å². The molecule has 0 spiro atoms. The Kier molecular flexibility index (Phi) is 2.67. The van der Waals surface area contributed by atoms with E-state index in [2.05, 4.69) is 4.90 Å². The predicted molar refractivity (Wildman–Crippen MR) is 86.4 cm³/mol. The van der Waals surface area contributed by atoms with Crippen molar-refractivity contribution in [1.29, 1.82) is 0 Å². The van der Waals surface area contributed by atoms with Crippen LogP contribution in [0.1, 0.15) is 37.7 Å². The molecule has 3 aliphatic heterocycles. The molecule has 21 heavy (non-hydrogen) atoms. The van der Waals surface area contributed by atoms with Gasteiger partial charge >= 0.3 is 0 Å². The number of hydrogen-bond acceptors (Lipinski definition) is 2. The van der Waals surface area contributed by atoms with Gasteiger partial charge in [-0.25, -0.2) is 4.99 Å². The number of rotatable bonds is 0. The molecule has 2 aliphatic carbocycles. The van der Waals surface area contributed by atoms with Crippen molar-refractivity contribution in [2.45, 2.75) is 44.7 Å². The van der Waals surface area contributed by atoms with Gasteiger partial charge in [-0.3, -0.25) is 0 Å². The summed E-state index contributed by atoms with van der Waals surface area (Å²) in [5.74, 6) is 3.81. The van der Waals surface area contributed by atoms with E-state index in [0.29, 0.717) is 17.0 Å². The Bertz CT molecular complexity index is 640. The van der Waals surface area contributed by atoms with Crippen LogP contribution < -0.4 is 0 Å². The normalized spacial score (nSPS) is 36.1. The van der Waals surface area contributed by atoms with Crippen LogP contribution >= 0.6 is 23.2 Å². The highest BCUT2D eigenvalue weighted by Crippen LogP contribution is 2.51. The van der Waals surface area contributed by atoms with Crippen molar-refractivity contribution in [3.05, 3.63) is 27.7 Å². The summed E-state index contributed by atoms with van der Waals surface area (Å²) in [6.07, 6.45) is 6.84. The highest BCUT2D eigenvalue weighted by molar-refractivity contribution is 6.36. The maximum absolute atomic E-state index is 6.39. The van der Waals surface area contributed by atoms with Crippen molar-refractivity contribution in [2.75, 3.05) is 0 Å². The van der Waals surface area contributed by atoms with Crippen molar-refractivity contribution in [3.8, 4) is 0 Å². The second-order valence-electron chi connectivity index (χ2n) is 7.25. The molecule has 2 unspecified atom stereocenters. The molecule has 0 N–H and O–H groups in total. The van der Waals surface area contributed by atoms with Gasteiger partial charge in [0.15, 0.2) is 0 Å². The molecule has 2 saturated heterocycles. The lowest BCUT2D eigenvalue weighted by molar-refractivity contribution is 0.128. The molecule has 0 aromatic heterocycles. The van der Waals surface area contributed by atoms with E-state index >= 15 is 0 Å². The summed E-state index contributed by atoms with van der Waals surface area (Å²) in [5.41, 5.74) is 2.16. The van der Waals surface area contributed by atoms with Crippen LogP contribution in [0.2, 0.25) is 10.0 Å². The zero-order chi connectivity index (χ0) is 14.1. The van der Waals surface area contributed by atoms with E-state index in [9.17, 15) is 0 Å². The highest BCUT2D eigenvalue weighted by atomic mass is 35.5. The topological polar surface area (TPSA) is 15.6 Å². The van der Waals surface area contributed by atoms with Crippen LogP contribution in [0.3, 0.4) is 0 Å². The molecule has 110 valence electrons. The fraction of sp³-hybridized carbons (Fsp3) is 0.588. The molecule has 2 atom stereocenters. The summed E-state index contributed by atoms with van der Waals surface area (Å²) < 4.78 is 0. The maximum Gasteiger partial charge on any atom is 0.109 e. The van der Waals surface area contributed by atoms with E-state index in [4.69, 9.17) is 28.2 Å². The molecule has 0 amide bonds. The fourth-order valence-corrected chi connectivity index (χ4v) is 5.81. The van der Waals surface area contributed by atoms with Crippen LogP contribution in [-0.2, 0) is 6.54 Å². The lowest BCUT2D eigenvalue weighted by Crippen LogP contribution is -2.41. The van der Waals surface area contributed by atoms with Crippen LogP contribution in [-0.4, -0.2) is 16.8 Å². The van der Waals surface area contributed by atoms with Crippen LogP contribution in [0.5, 0.6) is 0 Å². The van der Waals surface area contributed by atoms with Crippen LogP contribution in [0, 0.1) is 17.8 Å². The van der Waals surface area contributed by atoms with Gasteiger partial charge in [0.1, 0.15) is 5.84 Å². The Morgan fingerprint density at radius 2 is 1.76 bits per heavy atom. The van der Waals surface area contributed by atoms with Crippen molar-refractivity contribution < 1.29 is 0 Å². The summed E-state index contributed by atoms with van der Waals surface area (Å²) in [6, 6.07) is 4.55. The van der Waals surface area contributed by atoms with Gasteiger partial charge in [0, 0.05) is 29.1 Å². The molecule has 4 heteroatoms. The van der Waals surface area contributed by atoms with Gasteiger partial charge in [0.05, 0.1) is 10.7 Å². The fourth-order valence-electron chi connectivity index (χ4n) is 5.23. The summed E-state index contributed by atoms with van der Waals surface area (Å²) in [5, 5.41) is 1.42. The van der Waals surface area contributed by atoms with E-state index in [0.717, 1.165) is 29.1 Å². The van der Waals surface area contributed by atoms with Gasteiger partial charge in [-0.2, -0.15) is 0 Å². The summed E-state index contributed by atoms with van der Waals surface area (Å²) in [4.78, 5) is 7.60. The average molecular weight is 321 g/mol. The van der Waals surface area contributed by atoms with Crippen molar-refractivity contribution in [3.63, 3.8) is 0 Å². The SMILES string of the molecule is Clc1cc(Cl)c2c(c1)CN1C(=N2)C2CC3CC(C2)CC1C3. The average Bonchev–Trinajstić information content (AvgIpc) is 2.59. The van der Waals surface area contributed by atoms with Gasteiger partial charge in [-0.1, -0.05) is 23.2 Å². The number of benzene rings is 1. The molecule has 4 fully saturated rings. The number of halogens is 2. The lowest BCUT2D eigenvalue weighted by Gasteiger charge is -2.39. The molecule has 5 aliphatic rings. The number of nitrogens with zero attached hydrogens (tertiary/aromatic N) is 2. The van der Waals surface area contributed by atoms with E-state index in [1.54, 1.807) is 0 Å². The van der Waals surface area contributed by atoms with E-state index in [1.165, 1.54) is 43.5 Å². The largest absolute Gasteiger partial charge is 0.352 e. The Morgan fingerprint density at radius 1 is 1.00 bits per heavy atom. The molecular weight excluding hydrogens is 303 g/mol. The molecule has 3 heterocycles. The molecule has 6 rings (SSSR count). The van der Waals surface area contributed by atoms with Crippen LogP contribution in [0.4, 0.5) is 5.69 Å².